The molecule has 0 bridgehead atoms. The summed E-state index contributed by atoms with van der Waals surface area (Å²) in [6.07, 6.45) is -2.98. The van der Waals surface area contributed by atoms with Crippen LogP contribution in [0.15, 0.2) is 52.1 Å². The van der Waals surface area contributed by atoms with E-state index in [1.807, 2.05) is 0 Å². The molecule has 0 fully saturated rings. The van der Waals surface area contributed by atoms with Crippen molar-refractivity contribution in [1.29, 1.82) is 10.7 Å². The second kappa shape index (κ2) is 9.23. The summed E-state index contributed by atoms with van der Waals surface area (Å²) < 4.78 is 43.9. The lowest BCUT2D eigenvalue weighted by Gasteiger charge is -2.11. The third kappa shape index (κ3) is 5.14. The van der Waals surface area contributed by atoms with E-state index in [-0.39, 0.29) is 15.7 Å². The highest BCUT2D eigenvalue weighted by molar-refractivity contribution is 8.38. The highest BCUT2D eigenvalue weighted by Crippen LogP contribution is 2.34. The molecular formula is C19H14F3N5OS2. The van der Waals surface area contributed by atoms with Gasteiger partial charge in [-0.3, -0.25) is 5.41 Å². The number of alkyl halides is 3. The van der Waals surface area contributed by atoms with Crippen LogP contribution in [-0.4, -0.2) is 21.6 Å². The molecule has 0 radical (unpaired) electrons. The molecule has 0 atom stereocenters. The van der Waals surface area contributed by atoms with Gasteiger partial charge in [0.05, 0.1) is 29.1 Å². The smallest absolute Gasteiger partial charge is 0.416 e. The molecular weight excluding hydrogens is 435 g/mol. The van der Waals surface area contributed by atoms with Crippen molar-refractivity contribution in [2.24, 2.45) is 0 Å². The maximum atomic E-state index is 12.8. The summed E-state index contributed by atoms with van der Waals surface area (Å²) in [6, 6.07) is 10.1. The highest BCUT2D eigenvalue weighted by Gasteiger charge is 2.31. The van der Waals surface area contributed by atoms with Gasteiger partial charge in [-0.25, -0.2) is 0 Å². The normalized spacial score (nSPS) is 11.2. The van der Waals surface area contributed by atoms with Crippen molar-refractivity contribution in [3.05, 3.63) is 59.4 Å². The van der Waals surface area contributed by atoms with Crippen LogP contribution >= 0.6 is 23.5 Å². The van der Waals surface area contributed by atoms with E-state index < -0.39 is 11.7 Å². The van der Waals surface area contributed by atoms with Gasteiger partial charge in [0.25, 0.3) is 0 Å². The van der Waals surface area contributed by atoms with Crippen LogP contribution in [0.5, 0.6) is 0 Å². The quantitative estimate of drug-likeness (QED) is 0.296. The predicted octanol–water partition coefficient (Wildman–Crippen LogP) is 5.63. The zero-order valence-electron chi connectivity index (χ0n) is 15.4. The van der Waals surface area contributed by atoms with Crippen molar-refractivity contribution in [1.82, 2.24) is 10.2 Å². The number of hydrogen-bond donors (Lipinski definition) is 2. The Morgan fingerprint density at radius 1 is 1.27 bits per heavy atom. The first-order valence-electron chi connectivity index (χ1n) is 8.40. The van der Waals surface area contributed by atoms with Gasteiger partial charge in [-0.1, -0.05) is 17.8 Å². The fourth-order valence-electron chi connectivity index (χ4n) is 2.42. The number of furan rings is 1. The first-order valence-corrected chi connectivity index (χ1v) is 10.2. The number of rotatable bonds is 5. The Balaban J connectivity index is 1.69. The summed E-state index contributed by atoms with van der Waals surface area (Å²) in [4.78, 5) is 0. The SMILES string of the molecule is CNc1cc(-c2ccco2)nnc1SC(=N)SCc1ccc(C(F)(F)F)cc1C#N. The maximum Gasteiger partial charge on any atom is 0.416 e. The number of anilines is 1. The van der Waals surface area contributed by atoms with Crippen molar-refractivity contribution < 1.29 is 17.6 Å². The number of thioether (sulfide) groups is 2. The Morgan fingerprint density at radius 2 is 2.07 bits per heavy atom. The lowest BCUT2D eigenvalue weighted by atomic mass is 10.1. The summed E-state index contributed by atoms with van der Waals surface area (Å²) in [6.45, 7) is 0. The summed E-state index contributed by atoms with van der Waals surface area (Å²) >= 11 is 2.15. The van der Waals surface area contributed by atoms with E-state index in [1.165, 1.54) is 12.3 Å². The molecule has 0 saturated heterocycles. The van der Waals surface area contributed by atoms with Gasteiger partial charge in [-0.05, 0) is 47.7 Å². The standard InChI is InChI=1S/C19H14F3N5OS2/c1-25-15-8-14(16-3-2-6-28-16)26-27-17(15)30-18(24)29-10-11-4-5-13(19(20,21)22)7-12(11)9-23/h2-8,24H,10H2,1H3,(H,25,26). The minimum absolute atomic E-state index is 0.0615. The van der Waals surface area contributed by atoms with E-state index in [2.05, 4.69) is 15.5 Å². The Labute approximate surface area is 178 Å². The van der Waals surface area contributed by atoms with Gasteiger partial charge in [0.2, 0.25) is 0 Å². The molecule has 3 aromatic rings. The molecule has 0 aliphatic rings. The van der Waals surface area contributed by atoms with Crippen molar-refractivity contribution in [2.45, 2.75) is 17.0 Å². The number of benzene rings is 1. The topological polar surface area (TPSA) is 98.6 Å². The molecule has 154 valence electrons. The number of nitrogens with one attached hydrogen (secondary N) is 2. The maximum absolute atomic E-state index is 12.8. The van der Waals surface area contributed by atoms with Gasteiger partial charge >= 0.3 is 6.18 Å². The number of nitrogens with zero attached hydrogens (tertiary/aromatic N) is 3. The van der Waals surface area contributed by atoms with Crippen LogP contribution in [-0.2, 0) is 11.9 Å². The van der Waals surface area contributed by atoms with Crippen LogP contribution in [0.25, 0.3) is 11.5 Å². The second-order valence-corrected chi connectivity index (χ2v) is 8.08. The molecule has 2 aromatic heterocycles. The Kier molecular flexibility index (Phi) is 6.69. The summed E-state index contributed by atoms with van der Waals surface area (Å²) in [5.74, 6) is 0.742. The van der Waals surface area contributed by atoms with E-state index in [0.717, 1.165) is 35.7 Å². The molecule has 2 heterocycles. The second-order valence-electron chi connectivity index (χ2n) is 5.84. The van der Waals surface area contributed by atoms with Gasteiger partial charge in [0.1, 0.15) is 15.1 Å². The molecule has 0 aliphatic heterocycles. The summed E-state index contributed by atoms with van der Waals surface area (Å²) in [5, 5.41) is 29.0. The lowest BCUT2D eigenvalue weighted by molar-refractivity contribution is -0.137. The van der Waals surface area contributed by atoms with E-state index in [9.17, 15) is 13.2 Å². The monoisotopic (exact) mass is 449 g/mol. The molecule has 30 heavy (non-hydrogen) atoms. The van der Waals surface area contributed by atoms with Crippen molar-refractivity contribution in [3.8, 4) is 17.5 Å². The Morgan fingerprint density at radius 3 is 2.70 bits per heavy atom. The van der Waals surface area contributed by atoms with Crippen molar-refractivity contribution >= 4 is 33.6 Å². The van der Waals surface area contributed by atoms with Crippen LogP contribution in [0.2, 0.25) is 0 Å². The molecule has 0 unspecified atom stereocenters. The third-order valence-corrected chi connectivity index (χ3v) is 5.91. The zero-order valence-corrected chi connectivity index (χ0v) is 17.1. The Hall–Kier alpha value is -2.97. The van der Waals surface area contributed by atoms with Gasteiger partial charge in [-0.2, -0.15) is 18.4 Å². The fourth-order valence-corrected chi connectivity index (χ4v) is 4.14. The molecule has 0 spiro atoms. The summed E-state index contributed by atoms with van der Waals surface area (Å²) in [7, 11) is 1.71. The third-order valence-electron chi connectivity index (χ3n) is 3.91. The minimum Gasteiger partial charge on any atom is -0.463 e. The van der Waals surface area contributed by atoms with Crippen LogP contribution in [0.1, 0.15) is 16.7 Å². The summed E-state index contributed by atoms with van der Waals surface area (Å²) in [5.41, 5.74) is 0.681. The van der Waals surface area contributed by atoms with Crippen LogP contribution in [0.4, 0.5) is 18.9 Å². The van der Waals surface area contributed by atoms with E-state index in [4.69, 9.17) is 15.1 Å². The van der Waals surface area contributed by atoms with Crippen molar-refractivity contribution in [2.75, 3.05) is 12.4 Å². The van der Waals surface area contributed by atoms with Gasteiger partial charge in [0, 0.05) is 12.8 Å². The first-order chi connectivity index (χ1) is 14.3. The molecule has 3 rings (SSSR count). The van der Waals surface area contributed by atoms with Gasteiger partial charge in [0.15, 0.2) is 5.76 Å². The van der Waals surface area contributed by atoms with Crippen LogP contribution in [0, 0.1) is 16.7 Å². The molecule has 0 aliphatic carbocycles. The lowest BCUT2D eigenvalue weighted by Crippen LogP contribution is -2.06. The zero-order chi connectivity index (χ0) is 21.7. The van der Waals surface area contributed by atoms with Gasteiger partial charge in [-0.15, -0.1) is 10.2 Å². The van der Waals surface area contributed by atoms with Crippen LogP contribution < -0.4 is 5.32 Å². The fraction of sp³-hybridized carbons (Fsp3) is 0.158. The number of nitriles is 1. The van der Waals surface area contributed by atoms with Crippen LogP contribution in [0.3, 0.4) is 0 Å². The minimum atomic E-state index is -4.51. The first kappa shape index (κ1) is 21.7. The van der Waals surface area contributed by atoms with Gasteiger partial charge < -0.3 is 9.73 Å². The molecule has 6 nitrogen and oxygen atoms in total. The molecule has 0 saturated carbocycles. The highest BCUT2D eigenvalue weighted by atomic mass is 32.2. The molecule has 0 amide bonds. The number of hydrogen-bond acceptors (Lipinski definition) is 8. The average Bonchev–Trinajstić information content (AvgIpc) is 3.26. The van der Waals surface area contributed by atoms with E-state index in [1.54, 1.807) is 31.3 Å². The largest absolute Gasteiger partial charge is 0.463 e. The molecule has 1 aromatic carbocycles. The van der Waals surface area contributed by atoms with E-state index in [0.29, 0.717) is 27.7 Å². The average molecular weight is 449 g/mol. The molecule has 2 N–H and O–H groups in total. The predicted molar refractivity (Wildman–Crippen MR) is 110 cm³/mol. The molecule has 11 heteroatoms. The Bertz CT molecular complexity index is 1090. The number of aromatic nitrogens is 2. The number of halogens is 3. The van der Waals surface area contributed by atoms with E-state index >= 15 is 0 Å². The van der Waals surface area contributed by atoms with Crippen molar-refractivity contribution in [3.63, 3.8) is 0 Å².